The fourth-order valence-electron chi connectivity index (χ4n) is 1.86. The van der Waals surface area contributed by atoms with Crippen LogP contribution in [-0.4, -0.2) is 8.07 Å². The van der Waals surface area contributed by atoms with E-state index >= 15 is 0 Å². The molecule has 1 fully saturated rings. The van der Waals surface area contributed by atoms with Crippen LogP contribution in [0.15, 0.2) is 0 Å². The smallest absolute Gasteiger partial charge is 0.129 e. The Morgan fingerprint density at radius 3 is 2.31 bits per heavy atom. The first-order valence-electron chi connectivity index (χ1n) is 5.38. The van der Waals surface area contributed by atoms with Gasteiger partial charge < -0.3 is 0 Å². The molecule has 0 N–H and O–H groups in total. The zero-order valence-corrected chi connectivity index (χ0v) is 10.7. The van der Waals surface area contributed by atoms with Crippen molar-refractivity contribution in [2.75, 3.05) is 0 Å². The zero-order chi connectivity index (χ0) is 10.1. The molecule has 0 nitrogen and oxygen atoms in total. The van der Waals surface area contributed by atoms with E-state index in [1.165, 1.54) is 19.3 Å². The summed E-state index contributed by atoms with van der Waals surface area (Å²) in [5.74, 6) is 4.36. The Hall–Kier alpha value is -0.223. The zero-order valence-electron chi connectivity index (χ0n) is 9.70. The van der Waals surface area contributed by atoms with Gasteiger partial charge in [0.1, 0.15) is 8.07 Å². The molecular weight excluding hydrogens is 172 g/mol. The van der Waals surface area contributed by atoms with Crippen molar-refractivity contribution in [3.05, 3.63) is 0 Å². The molecule has 0 aromatic carbocycles. The molecule has 0 heterocycles. The number of hydrogen-bond donors (Lipinski definition) is 0. The Morgan fingerprint density at radius 2 is 1.92 bits per heavy atom. The Balaban J connectivity index is 2.75. The van der Waals surface area contributed by atoms with E-state index in [0.29, 0.717) is 5.41 Å². The van der Waals surface area contributed by atoms with Crippen molar-refractivity contribution in [2.24, 2.45) is 11.3 Å². The monoisotopic (exact) mass is 194 g/mol. The first kappa shape index (κ1) is 10.9. The predicted octanol–water partition coefficient (Wildman–Crippen LogP) is 3.69. The average Bonchev–Trinajstić information content (AvgIpc) is 2.29. The van der Waals surface area contributed by atoms with Crippen molar-refractivity contribution in [2.45, 2.75) is 52.8 Å². The summed E-state index contributed by atoms with van der Waals surface area (Å²) in [4.78, 5) is 0. The lowest BCUT2D eigenvalue weighted by Crippen LogP contribution is -2.21. The molecule has 1 aliphatic carbocycles. The van der Waals surface area contributed by atoms with Crippen LogP contribution in [0, 0.1) is 22.8 Å². The van der Waals surface area contributed by atoms with Crippen LogP contribution in [-0.2, 0) is 0 Å². The van der Waals surface area contributed by atoms with Crippen LogP contribution < -0.4 is 0 Å². The molecular formula is C12H22Si. The molecule has 0 radical (unpaired) electrons. The summed E-state index contributed by atoms with van der Waals surface area (Å²) in [6.45, 7) is 11.7. The van der Waals surface area contributed by atoms with Crippen molar-refractivity contribution in [3.8, 4) is 11.5 Å². The lowest BCUT2D eigenvalue weighted by Gasteiger charge is -2.23. The maximum absolute atomic E-state index is 3.56. The summed E-state index contributed by atoms with van der Waals surface area (Å²) in [6.07, 6.45) is 4.06. The van der Waals surface area contributed by atoms with Gasteiger partial charge in [-0.2, -0.15) is 0 Å². The summed E-state index contributed by atoms with van der Waals surface area (Å²) in [6, 6.07) is 0. The van der Waals surface area contributed by atoms with Crippen LogP contribution >= 0.6 is 0 Å². The van der Waals surface area contributed by atoms with Crippen LogP contribution in [0.5, 0.6) is 0 Å². The highest BCUT2D eigenvalue weighted by Gasteiger charge is 2.34. The van der Waals surface area contributed by atoms with Crippen molar-refractivity contribution < 1.29 is 0 Å². The minimum Gasteiger partial charge on any atom is -0.131 e. The largest absolute Gasteiger partial charge is 0.131 e. The molecule has 1 saturated carbocycles. The normalized spacial score (nSPS) is 34.1. The summed E-state index contributed by atoms with van der Waals surface area (Å²) < 4.78 is 0. The van der Waals surface area contributed by atoms with Gasteiger partial charge in [0.25, 0.3) is 0 Å². The highest BCUT2D eigenvalue weighted by Crippen LogP contribution is 2.42. The van der Waals surface area contributed by atoms with Crippen molar-refractivity contribution in [3.63, 3.8) is 0 Å². The maximum atomic E-state index is 3.56. The third kappa shape index (κ3) is 2.88. The molecule has 74 valence electrons. The fraction of sp³-hybridized carbons (Fsp3) is 0.833. The fourth-order valence-corrected chi connectivity index (χ4v) is 2.52. The van der Waals surface area contributed by atoms with E-state index in [4.69, 9.17) is 0 Å². The van der Waals surface area contributed by atoms with Crippen LogP contribution in [0.4, 0.5) is 0 Å². The van der Waals surface area contributed by atoms with Crippen LogP contribution in [0.25, 0.3) is 0 Å². The predicted molar refractivity (Wildman–Crippen MR) is 62.2 cm³/mol. The Kier molecular flexibility index (Phi) is 2.92. The molecule has 1 rings (SSSR count). The number of rotatable bonds is 0. The second-order valence-corrected chi connectivity index (χ2v) is 10.5. The van der Waals surface area contributed by atoms with Gasteiger partial charge in [0.15, 0.2) is 0 Å². The van der Waals surface area contributed by atoms with Gasteiger partial charge in [-0.05, 0) is 25.7 Å². The molecule has 0 saturated heterocycles. The topological polar surface area (TPSA) is 0 Å². The standard InChI is InChI=1S/C12H22Si/c1-11-7-6-8-12(11,2)9-10-13(3,4)5/h11H,6-8H2,1-5H3/t11-,12-/m1/s1. The van der Waals surface area contributed by atoms with E-state index in [-0.39, 0.29) is 0 Å². The third-order valence-corrected chi connectivity index (χ3v) is 4.02. The van der Waals surface area contributed by atoms with Gasteiger partial charge in [0.05, 0.1) is 0 Å². The quantitative estimate of drug-likeness (QED) is 0.407. The molecule has 0 spiro atoms. The molecule has 0 amide bonds. The summed E-state index contributed by atoms with van der Waals surface area (Å²) in [5.41, 5.74) is 3.86. The van der Waals surface area contributed by atoms with Crippen LogP contribution in [0.2, 0.25) is 19.6 Å². The molecule has 1 heteroatoms. The first-order chi connectivity index (χ1) is 5.83. The van der Waals surface area contributed by atoms with Crippen molar-refractivity contribution in [1.29, 1.82) is 0 Å². The molecule has 0 aromatic heterocycles. The maximum Gasteiger partial charge on any atom is 0.129 e. The molecule has 0 aliphatic heterocycles. The van der Waals surface area contributed by atoms with Crippen LogP contribution in [0.3, 0.4) is 0 Å². The van der Waals surface area contributed by atoms with Gasteiger partial charge in [0.2, 0.25) is 0 Å². The van der Waals surface area contributed by atoms with E-state index in [9.17, 15) is 0 Å². The van der Waals surface area contributed by atoms with Gasteiger partial charge in [-0.15, -0.1) is 11.5 Å². The SMILES string of the molecule is C[C@@H]1CCC[C@]1(C)C#C[Si](C)(C)C. The molecule has 2 atom stereocenters. The third-order valence-electron chi connectivity index (χ3n) is 3.14. The van der Waals surface area contributed by atoms with Crippen molar-refractivity contribution >= 4 is 8.07 Å². The lowest BCUT2D eigenvalue weighted by molar-refractivity contribution is 0.348. The van der Waals surface area contributed by atoms with E-state index in [1.807, 2.05) is 0 Å². The average molecular weight is 194 g/mol. The summed E-state index contributed by atoms with van der Waals surface area (Å²) in [5, 5.41) is 0. The first-order valence-corrected chi connectivity index (χ1v) is 8.88. The Bertz CT molecular complexity index is 238. The van der Waals surface area contributed by atoms with E-state index in [2.05, 4.69) is 45.0 Å². The minimum atomic E-state index is -1.16. The minimum absolute atomic E-state index is 0.334. The number of hydrogen-bond acceptors (Lipinski definition) is 0. The van der Waals surface area contributed by atoms with E-state index in [1.54, 1.807) is 0 Å². The van der Waals surface area contributed by atoms with Crippen LogP contribution in [0.1, 0.15) is 33.1 Å². The second-order valence-electron chi connectivity index (χ2n) is 5.71. The molecule has 13 heavy (non-hydrogen) atoms. The molecule has 0 bridgehead atoms. The van der Waals surface area contributed by atoms with Gasteiger partial charge in [-0.3, -0.25) is 0 Å². The molecule has 0 aromatic rings. The van der Waals surface area contributed by atoms with E-state index in [0.717, 1.165) is 5.92 Å². The Labute approximate surface area is 84.1 Å². The van der Waals surface area contributed by atoms with Gasteiger partial charge in [-0.25, -0.2) is 0 Å². The van der Waals surface area contributed by atoms with Gasteiger partial charge in [-0.1, -0.05) is 33.0 Å². The highest BCUT2D eigenvalue weighted by molar-refractivity contribution is 6.83. The van der Waals surface area contributed by atoms with Crippen molar-refractivity contribution in [1.82, 2.24) is 0 Å². The molecule has 0 unspecified atom stereocenters. The summed E-state index contributed by atoms with van der Waals surface area (Å²) in [7, 11) is -1.16. The molecule has 1 aliphatic rings. The van der Waals surface area contributed by atoms with Gasteiger partial charge >= 0.3 is 0 Å². The van der Waals surface area contributed by atoms with E-state index < -0.39 is 8.07 Å². The summed E-state index contributed by atoms with van der Waals surface area (Å²) >= 11 is 0. The Morgan fingerprint density at radius 1 is 1.31 bits per heavy atom. The van der Waals surface area contributed by atoms with Gasteiger partial charge in [0, 0.05) is 5.41 Å². The second kappa shape index (κ2) is 3.50. The highest BCUT2D eigenvalue weighted by atomic mass is 28.3. The lowest BCUT2D eigenvalue weighted by atomic mass is 9.82.